The van der Waals surface area contributed by atoms with E-state index in [0.29, 0.717) is 5.75 Å². The van der Waals surface area contributed by atoms with Crippen LogP contribution in [0.5, 0.6) is 5.75 Å². The van der Waals surface area contributed by atoms with Crippen LogP contribution in [0.3, 0.4) is 0 Å². The normalized spacial score (nSPS) is 10.7. The van der Waals surface area contributed by atoms with Crippen LogP contribution in [0.25, 0.3) is 6.08 Å². The molecule has 0 atom stereocenters. The first-order valence-electron chi connectivity index (χ1n) is 3.66. The van der Waals surface area contributed by atoms with Crippen LogP contribution in [-0.2, 0) is 0 Å². The van der Waals surface area contributed by atoms with Crippen molar-refractivity contribution in [1.82, 2.24) is 0 Å². The van der Waals surface area contributed by atoms with Crippen molar-refractivity contribution < 1.29 is 5.11 Å². The van der Waals surface area contributed by atoms with Crippen molar-refractivity contribution in [3.8, 4) is 5.75 Å². The predicted molar refractivity (Wildman–Crippen MR) is 47.6 cm³/mol. The SMILES string of the molecule is CC=Cc1ccc(C)cc1O. The third-order valence-electron chi connectivity index (χ3n) is 1.53. The molecule has 1 heteroatoms. The molecule has 0 radical (unpaired) electrons. The molecule has 0 aliphatic heterocycles. The van der Waals surface area contributed by atoms with Gasteiger partial charge in [-0.2, -0.15) is 0 Å². The summed E-state index contributed by atoms with van der Waals surface area (Å²) in [5.41, 5.74) is 1.95. The zero-order valence-electron chi connectivity index (χ0n) is 6.83. The molecule has 0 aromatic heterocycles. The zero-order chi connectivity index (χ0) is 8.27. The number of hydrogen-bond donors (Lipinski definition) is 1. The molecular weight excluding hydrogens is 136 g/mol. The monoisotopic (exact) mass is 148 g/mol. The van der Waals surface area contributed by atoms with E-state index < -0.39 is 0 Å². The maximum atomic E-state index is 9.37. The maximum absolute atomic E-state index is 9.37. The molecule has 0 bridgehead atoms. The Kier molecular flexibility index (Phi) is 2.32. The second kappa shape index (κ2) is 3.24. The van der Waals surface area contributed by atoms with Crippen molar-refractivity contribution in [2.75, 3.05) is 0 Å². The summed E-state index contributed by atoms with van der Waals surface area (Å²) in [5, 5.41) is 9.37. The highest BCUT2D eigenvalue weighted by atomic mass is 16.3. The Morgan fingerprint density at radius 1 is 1.36 bits per heavy atom. The number of hydrogen-bond acceptors (Lipinski definition) is 1. The largest absolute Gasteiger partial charge is 0.507 e. The molecule has 0 heterocycles. The minimum atomic E-state index is 0.350. The summed E-state index contributed by atoms with van der Waals surface area (Å²) in [5.74, 6) is 0.350. The summed E-state index contributed by atoms with van der Waals surface area (Å²) in [4.78, 5) is 0. The van der Waals surface area contributed by atoms with Gasteiger partial charge in [-0.15, -0.1) is 0 Å². The van der Waals surface area contributed by atoms with Crippen molar-refractivity contribution in [3.63, 3.8) is 0 Å². The lowest BCUT2D eigenvalue weighted by molar-refractivity contribution is 0.473. The molecular formula is C10H12O. The van der Waals surface area contributed by atoms with Gasteiger partial charge in [-0.25, -0.2) is 0 Å². The Morgan fingerprint density at radius 2 is 2.09 bits per heavy atom. The van der Waals surface area contributed by atoms with Gasteiger partial charge in [0.25, 0.3) is 0 Å². The molecule has 0 saturated carbocycles. The van der Waals surface area contributed by atoms with Gasteiger partial charge in [0.15, 0.2) is 0 Å². The van der Waals surface area contributed by atoms with Crippen molar-refractivity contribution in [1.29, 1.82) is 0 Å². The fourth-order valence-electron chi connectivity index (χ4n) is 0.974. The zero-order valence-corrected chi connectivity index (χ0v) is 6.83. The topological polar surface area (TPSA) is 20.2 Å². The van der Waals surface area contributed by atoms with E-state index >= 15 is 0 Å². The number of aromatic hydroxyl groups is 1. The van der Waals surface area contributed by atoms with Gasteiger partial charge < -0.3 is 5.11 Å². The van der Waals surface area contributed by atoms with Crippen LogP contribution in [0.1, 0.15) is 18.1 Å². The standard InChI is InChI=1S/C10H12O/c1-3-4-9-6-5-8(2)7-10(9)11/h3-7,11H,1-2H3. The van der Waals surface area contributed by atoms with Crippen molar-refractivity contribution >= 4 is 6.08 Å². The smallest absolute Gasteiger partial charge is 0.123 e. The fraction of sp³-hybridized carbons (Fsp3) is 0.200. The van der Waals surface area contributed by atoms with E-state index in [0.717, 1.165) is 11.1 Å². The number of rotatable bonds is 1. The Hall–Kier alpha value is -1.24. The van der Waals surface area contributed by atoms with E-state index in [1.165, 1.54) is 0 Å². The van der Waals surface area contributed by atoms with Gasteiger partial charge in [0.05, 0.1) is 0 Å². The van der Waals surface area contributed by atoms with Gasteiger partial charge in [0, 0.05) is 5.56 Å². The molecule has 0 aliphatic rings. The molecule has 0 saturated heterocycles. The lowest BCUT2D eigenvalue weighted by atomic mass is 10.1. The maximum Gasteiger partial charge on any atom is 0.123 e. The predicted octanol–water partition coefficient (Wildman–Crippen LogP) is 2.73. The van der Waals surface area contributed by atoms with Gasteiger partial charge in [0.2, 0.25) is 0 Å². The highest BCUT2D eigenvalue weighted by Crippen LogP contribution is 2.19. The molecule has 1 nitrogen and oxygen atoms in total. The number of allylic oxidation sites excluding steroid dienone is 1. The minimum absolute atomic E-state index is 0.350. The van der Waals surface area contributed by atoms with Gasteiger partial charge >= 0.3 is 0 Å². The summed E-state index contributed by atoms with van der Waals surface area (Å²) < 4.78 is 0. The quantitative estimate of drug-likeness (QED) is 0.649. The second-order valence-electron chi connectivity index (χ2n) is 2.56. The molecule has 1 aromatic rings. The Labute approximate surface area is 67.0 Å². The van der Waals surface area contributed by atoms with Gasteiger partial charge in [-0.1, -0.05) is 24.3 Å². The summed E-state index contributed by atoms with van der Waals surface area (Å²) in [6.45, 7) is 3.89. The molecule has 0 amide bonds. The summed E-state index contributed by atoms with van der Waals surface area (Å²) in [7, 11) is 0. The third kappa shape index (κ3) is 1.84. The highest BCUT2D eigenvalue weighted by molar-refractivity contribution is 5.57. The van der Waals surface area contributed by atoms with Crippen molar-refractivity contribution in [2.24, 2.45) is 0 Å². The van der Waals surface area contributed by atoms with Crippen molar-refractivity contribution in [3.05, 3.63) is 35.4 Å². The van der Waals surface area contributed by atoms with E-state index in [4.69, 9.17) is 0 Å². The lowest BCUT2D eigenvalue weighted by Gasteiger charge is -1.98. The first-order chi connectivity index (χ1) is 5.24. The molecule has 0 unspecified atom stereocenters. The molecule has 58 valence electrons. The summed E-state index contributed by atoms with van der Waals surface area (Å²) >= 11 is 0. The molecule has 1 aromatic carbocycles. The van der Waals surface area contributed by atoms with E-state index in [2.05, 4.69) is 0 Å². The van der Waals surface area contributed by atoms with Crippen LogP contribution < -0.4 is 0 Å². The number of phenolic OH excluding ortho intramolecular Hbond substituents is 1. The average molecular weight is 148 g/mol. The van der Waals surface area contributed by atoms with Gasteiger partial charge in [0.1, 0.15) is 5.75 Å². The van der Waals surface area contributed by atoms with E-state index in [1.807, 2.05) is 38.1 Å². The van der Waals surface area contributed by atoms with Gasteiger partial charge in [-0.05, 0) is 25.5 Å². The van der Waals surface area contributed by atoms with Crippen LogP contribution >= 0.6 is 0 Å². The Bertz CT molecular complexity index is 274. The summed E-state index contributed by atoms with van der Waals surface area (Å²) in [6.07, 6.45) is 3.79. The molecule has 11 heavy (non-hydrogen) atoms. The number of aryl methyl sites for hydroxylation is 1. The number of phenols is 1. The number of benzene rings is 1. The molecule has 0 spiro atoms. The fourth-order valence-corrected chi connectivity index (χ4v) is 0.974. The van der Waals surface area contributed by atoms with E-state index in [9.17, 15) is 5.11 Å². The van der Waals surface area contributed by atoms with Crippen LogP contribution in [0.2, 0.25) is 0 Å². The molecule has 0 aliphatic carbocycles. The van der Waals surface area contributed by atoms with Crippen LogP contribution in [0.4, 0.5) is 0 Å². The molecule has 0 fully saturated rings. The van der Waals surface area contributed by atoms with Crippen molar-refractivity contribution in [2.45, 2.75) is 13.8 Å². The lowest BCUT2D eigenvalue weighted by Crippen LogP contribution is -1.76. The van der Waals surface area contributed by atoms with Gasteiger partial charge in [-0.3, -0.25) is 0 Å². The first kappa shape index (κ1) is 7.86. The Morgan fingerprint density at radius 3 is 2.64 bits per heavy atom. The summed E-state index contributed by atoms with van der Waals surface area (Å²) in [6, 6.07) is 5.65. The second-order valence-corrected chi connectivity index (χ2v) is 2.56. The Balaban J connectivity index is 3.09. The highest BCUT2D eigenvalue weighted by Gasteiger charge is 1.94. The average Bonchev–Trinajstić information content (AvgIpc) is 1.95. The van der Waals surface area contributed by atoms with E-state index in [1.54, 1.807) is 6.07 Å². The van der Waals surface area contributed by atoms with E-state index in [-0.39, 0.29) is 0 Å². The van der Waals surface area contributed by atoms with Crippen LogP contribution in [0, 0.1) is 6.92 Å². The first-order valence-corrected chi connectivity index (χ1v) is 3.66. The third-order valence-corrected chi connectivity index (χ3v) is 1.53. The minimum Gasteiger partial charge on any atom is -0.507 e. The molecule has 1 N–H and O–H groups in total. The van der Waals surface area contributed by atoms with Crippen LogP contribution in [0.15, 0.2) is 24.3 Å². The van der Waals surface area contributed by atoms with Crippen LogP contribution in [-0.4, -0.2) is 5.11 Å². The molecule has 1 rings (SSSR count).